The number of nitrogens with zero attached hydrogens (tertiary/aromatic N) is 5. The normalized spacial score (nSPS) is 27.6. The van der Waals surface area contributed by atoms with Gasteiger partial charge in [-0.1, -0.05) is 25.0 Å². The number of amides is 3. The Bertz CT molecular complexity index is 1820. The first-order valence-corrected chi connectivity index (χ1v) is 18.4. The van der Waals surface area contributed by atoms with Gasteiger partial charge >= 0.3 is 12.1 Å². The van der Waals surface area contributed by atoms with Crippen LogP contribution in [0.5, 0.6) is 5.88 Å². The Morgan fingerprint density at radius 1 is 1.10 bits per heavy atom. The molecule has 3 N–H and O–H groups in total. The van der Waals surface area contributed by atoms with E-state index in [1.165, 1.54) is 16.2 Å². The van der Waals surface area contributed by atoms with E-state index < -0.39 is 47.6 Å². The highest BCUT2D eigenvalue weighted by molar-refractivity contribution is 7.17. The Morgan fingerprint density at radius 3 is 2.66 bits per heavy atom. The molecule has 0 spiro atoms. The standard InChI is InChI=1S/C35H43N7O7S/c1-20-16-26(41(2)40-20)29-36-24-14-15-50-28(24)31(38-29)48-23-17-27-30(43)39-35(33(45)46)18-21(35)10-6-4-3-5-7-13-25(32(44)42(27)19-23)37-34(47)49-22-11-8-9-12-22/h6,10,14-16,21-23,25,27H,3-5,7-9,11-13,17-19H2,1-2H3,(H,37,47)(H,39,43)(H,45,46)/t21-,23-,25+,27+,35-/m1/s1. The third-order valence-corrected chi connectivity index (χ3v) is 11.2. The van der Waals surface area contributed by atoms with E-state index in [0.29, 0.717) is 35.8 Å². The monoisotopic (exact) mass is 705 g/mol. The Morgan fingerprint density at radius 2 is 1.90 bits per heavy atom. The van der Waals surface area contributed by atoms with E-state index in [9.17, 15) is 24.3 Å². The maximum absolute atomic E-state index is 14.4. The van der Waals surface area contributed by atoms with Gasteiger partial charge in [0, 0.05) is 19.4 Å². The summed E-state index contributed by atoms with van der Waals surface area (Å²) >= 11 is 1.42. The summed E-state index contributed by atoms with van der Waals surface area (Å²) in [4.78, 5) is 64.9. The molecule has 15 heteroatoms. The number of ether oxygens (including phenoxy) is 2. The smallest absolute Gasteiger partial charge is 0.408 e. The largest absolute Gasteiger partial charge is 0.479 e. The summed E-state index contributed by atoms with van der Waals surface area (Å²) < 4.78 is 14.6. The number of carboxylic acid groups (broad SMARTS) is 1. The van der Waals surface area contributed by atoms with Gasteiger partial charge in [-0.25, -0.2) is 14.6 Å². The highest BCUT2D eigenvalue weighted by atomic mass is 32.1. The van der Waals surface area contributed by atoms with E-state index in [-0.39, 0.29) is 31.4 Å². The van der Waals surface area contributed by atoms with Gasteiger partial charge < -0.3 is 30.1 Å². The zero-order valence-corrected chi connectivity index (χ0v) is 29.1. The Kier molecular flexibility index (Phi) is 9.51. The second kappa shape index (κ2) is 14.0. The Labute approximate surface area is 293 Å². The van der Waals surface area contributed by atoms with Gasteiger partial charge in [-0.3, -0.25) is 14.3 Å². The number of thiophene rings is 1. The molecule has 3 aromatic rings. The molecule has 3 aromatic heterocycles. The van der Waals surface area contributed by atoms with Gasteiger partial charge in [0.15, 0.2) is 5.82 Å². The molecule has 2 aliphatic heterocycles. The summed E-state index contributed by atoms with van der Waals surface area (Å²) in [7, 11) is 1.81. The molecule has 2 aliphatic carbocycles. The maximum atomic E-state index is 14.4. The third-order valence-electron chi connectivity index (χ3n) is 10.3. The molecule has 266 valence electrons. The summed E-state index contributed by atoms with van der Waals surface area (Å²) in [6, 6.07) is 1.80. The van der Waals surface area contributed by atoms with E-state index in [4.69, 9.17) is 19.4 Å². The Balaban J connectivity index is 1.18. The number of alkyl carbamates (subject to hydrolysis) is 1. The van der Waals surface area contributed by atoms with Crippen molar-refractivity contribution in [2.75, 3.05) is 6.54 Å². The number of aryl methyl sites for hydroxylation is 2. The average Bonchev–Trinajstić information content (AvgIpc) is 3.64. The molecular weight excluding hydrogens is 662 g/mol. The van der Waals surface area contributed by atoms with Crippen molar-refractivity contribution in [3.8, 4) is 17.4 Å². The summed E-state index contributed by atoms with van der Waals surface area (Å²) in [6.45, 7) is 1.92. The van der Waals surface area contributed by atoms with Gasteiger partial charge in [0.05, 0.1) is 17.8 Å². The van der Waals surface area contributed by atoms with E-state index in [0.717, 1.165) is 55.3 Å². The van der Waals surface area contributed by atoms with Crippen molar-refractivity contribution in [1.82, 2.24) is 35.3 Å². The predicted octanol–water partition coefficient (Wildman–Crippen LogP) is 4.27. The van der Waals surface area contributed by atoms with Crippen LogP contribution in [0, 0.1) is 12.8 Å². The zero-order valence-electron chi connectivity index (χ0n) is 28.3. The number of rotatable bonds is 6. The number of hydrogen-bond acceptors (Lipinski definition) is 10. The molecule has 1 saturated heterocycles. The number of carbonyl (C=O) groups excluding carboxylic acids is 3. The number of allylic oxidation sites excluding steroid dienone is 1. The van der Waals surface area contributed by atoms with Crippen LogP contribution < -0.4 is 15.4 Å². The highest BCUT2D eigenvalue weighted by Gasteiger charge is 2.61. The topological polar surface area (TPSA) is 178 Å². The molecule has 4 aliphatic rings. The lowest BCUT2D eigenvalue weighted by molar-refractivity contribution is -0.145. The predicted molar refractivity (Wildman–Crippen MR) is 183 cm³/mol. The van der Waals surface area contributed by atoms with Gasteiger partial charge in [-0.05, 0) is 75.8 Å². The molecule has 0 aromatic carbocycles. The first kappa shape index (κ1) is 33.9. The second-order valence-electron chi connectivity index (χ2n) is 13.9. The summed E-state index contributed by atoms with van der Waals surface area (Å²) in [5, 5.41) is 22.1. The van der Waals surface area contributed by atoms with Crippen LogP contribution in [0.1, 0.15) is 76.3 Å². The molecular formula is C35H43N7O7S. The second-order valence-corrected chi connectivity index (χ2v) is 14.8. The minimum absolute atomic E-state index is 0.0349. The molecule has 3 amide bonds. The van der Waals surface area contributed by atoms with Crippen molar-refractivity contribution >= 4 is 45.4 Å². The van der Waals surface area contributed by atoms with E-state index in [1.807, 2.05) is 43.6 Å². The lowest BCUT2D eigenvalue weighted by atomic mass is 10.0. The fourth-order valence-corrected chi connectivity index (χ4v) is 8.25. The van der Waals surface area contributed by atoms with Crippen molar-refractivity contribution in [1.29, 1.82) is 0 Å². The molecule has 14 nitrogen and oxygen atoms in total. The van der Waals surface area contributed by atoms with Crippen LogP contribution in [0.25, 0.3) is 21.7 Å². The number of fused-ring (bicyclic) bond motifs is 3. The van der Waals surface area contributed by atoms with Crippen LogP contribution in [0.2, 0.25) is 0 Å². The maximum Gasteiger partial charge on any atom is 0.408 e. The number of hydrogen-bond donors (Lipinski definition) is 3. The van der Waals surface area contributed by atoms with E-state index >= 15 is 0 Å². The Hall–Kier alpha value is -4.53. The number of aromatic nitrogens is 4. The third kappa shape index (κ3) is 6.92. The summed E-state index contributed by atoms with van der Waals surface area (Å²) in [5.41, 5.74) is 0.777. The number of carbonyl (C=O) groups is 4. The van der Waals surface area contributed by atoms with Crippen LogP contribution in [-0.2, 0) is 26.2 Å². The van der Waals surface area contributed by atoms with Crippen molar-refractivity contribution < 1.29 is 33.8 Å². The lowest BCUT2D eigenvalue weighted by Crippen LogP contribution is -2.56. The molecule has 5 atom stereocenters. The minimum Gasteiger partial charge on any atom is -0.479 e. The van der Waals surface area contributed by atoms with Crippen LogP contribution in [0.15, 0.2) is 29.7 Å². The number of nitrogens with one attached hydrogen (secondary N) is 2. The first-order chi connectivity index (χ1) is 24.1. The van der Waals surface area contributed by atoms with Crippen LogP contribution in [-0.4, -0.2) is 90.0 Å². The first-order valence-electron chi connectivity index (χ1n) is 17.5. The van der Waals surface area contributed by atoms with E-state index in [2.05, 4.69) is 15.7 Å². The molecule has 3 fully saturated rings. The quantitative estimate of drug-likeness (QED) is 0.314. The van der Waals surface area contributed by atoms with E-state index in [1.54, 1.807) is 4.68 Å². The highest BCUT2D eigenvalue weighted by Crippen LogP contribution is 2.45. The lowest BCUT2D eigenvalue weighted by Gasteiger charge is -2.29. The number of aliphatic carboxylic acids is 1. The molecule has 50 heavy (non-hydrogen) atoms. The van der Waals surface area contributed by atoms with Gasteiger partial charge in [-0.15, -0.1) is 11.3 Å². The van der Waals surface area contributed by atoms with Crippen LogP contribution >= 0.6 is 11.3 Å². The van der Waals surface area contributed by atoms with Gasteiger partial charge in [0.25, 0.3) is 0 Å². The van der Waals surface area contributed by atoms with Crippen LogP contribution in [0.3, 0.4) is 0 Å². The van der Waals surface area contributed by atoms with Crippen LogP contribution in [0.4, 0.5) is 4.79 Å². The fourth-order valence-electron chi connectivity index (χ4n) is 7.49. The minimum atomic E-state index is -1.43. The zero-order chi connectivity index (χ0) is 35.0. The van der Waals surface area contributed by atoms with Gasteiger partial charge in [0.2, 0.25) is 17.7 Å². The molecule has 5 heterocycles. The van der Waals surface area contributed by atoms with Gasteiger partial charge in [0.1, 0.15) is 40.2 Å². The molecule has 7 rings (SSSR count). The van der Waals surface area contributed by atoms with Gasteiger partial charge in [-0.2, -0.15) is 10.1 Å². The molecule has 2 saturated carbocycles. The number of carboxylic acids is 1. The SMILES string of the molecule is Cc1cc(-c2nc(O[C@@H]3C[C@H]4C(=O)N[C@]5(C(=O)O)C[C@H]5C=CCCCCC[C@H](NC(=O)OC5CCCC5)C(=O)N4C3)c3sccc3n2)n(C)n1. The fraction of sp³-hybridized carbons (Fsp3) is 0.571. The summed E-state index contributed by atoms with van der Waals surface area (Å²) in [6.07, 6.45) is 9.79. The van der Waals surface area contributed by atoms with Crippen molar-refractivity contribution in [2.24, 2.45) is 13.0 Å². The van der Waals surface area contributed by atoms with Crippen molar-refractivity contribution in [3.05, 3.63) is 35.4 Å². The van der Waals surface area contributed by atoms with Crippen molar-refractivity contribution in [2.45, 2.75) is 107 Å². The molecule has 0 unspecified atom stereocenters. The molecule has 0 bridgehead atoms. The van der Waals surface area contributed by atoms with Crippen molar-refractivity contribution in [3.63, 3.8) is 0 Å². The average molecular weight is 706 g/mol. The summed E-state index contributed by atoms with van der Waals surface area (Å²) in [5.74, 6) is -1.70. The molecule has 0 radical (unpaired) electrons.